The van der Waals surface area contributed by atoms with E-state index in [1.165, 1.54) is 55.5 Å². The maximum atomic E-state index is 13.2. The lowest BCUT2D eigenvalue weighted by molar-refractivity contribution is -0.357. The van der Waals surface area contributed by atoms with Crippen LogP contribution in [-0.2, 0) is 44.4 Å². The van der Waals surface area contributed by atoms with Crippen molar-refractivity contribution in [1.29, 1.82) is 0 Å². The number of aliphatic hydroxyl groups excluding tert-OH is 4. The van der Waals surface area contributed by atoms with E-state index in [1.807, 2.05) is 6.07 Å². The van der Waals surface area contributed by atoms with Gasteiger partial charge in [0.1, 0.15) is 43.2 Å². The van der Waals surface area contributed by atoms with Gasteiger partial charge >= 0.3 is 11.9 Å². The SMILES string of the molecule is C[C@@H]1O[C@@H](O[C@@H]2[C@@H](O)[C@H](OCCc3ccc(O)c(O)c3)O[C@H](COC(=O)C=Cc3ccccc3)[C@H]2OC(=O)C=Cc2ccc(O)c(O)c2)[C@H](O)[C@H](O)[C@H]1O. The van der Waals surface area contributed by atoms with Crippen LogP contribution in [0.25, 0.3) is 12.2 Å². The van der Waals surface area contributed by atoms with E-state index in [-0.39, 0.29) is 30.3 Å². The molecule has 16 heteroatoms. The topological polar surface area (TPSA) is 251 Å². The fourth-order valence-corrected chi connectivity index (χ4v) is 5.68. The van der Waals surface area contributed by atoms with Gasteiger partial charge in [-0.1, -0.05) is 42.5 Å². The molecule has 2 fully saturated rings. The Morgan fingerprint density at radius 3 is 2.06 bits per heavy atom. The summed E-state index contributed by atoms with van der Waals surface area (Å²) in [5.74, 6) is -3.31. The summed E-state index contributed by atoms with van der Waals surface area (Å²) in [5, 5.41) is 82.0. The molecule has 3 aromatic carbocycles. The first-order valence-corrected chi connectivity index (χ1v) is 16.9. The lowest BCUT2D eigenvalue weighted by Crippen LogP contribution is -2.65. The molecule has 0 spiro atoms. The molecule has 0 unspecified atom stereocenters. The Morgan fingerprint density at radius 1 is 0.685 bits per heavy atom. The number of benzene rings is 3. The summed E-state index contributed by atoms with van der Waals surface area (Å²) >= 11 is 0. The molecule has 290 valence electrons. The first-order valence-electron chi connectivity index (χ1n) is 16.9. The second-order valence-corrected chi connectivity index (χ2v) is 12.6. The monoisotopic (exact) mass is 754 g/mol. The summed E-state index contributed by atoms with van der Waals surface area (Å²) in [6, 6.07) is 16.8. The molecule has 0 amide bonds. The Balaban J connectivity index is 1.41. The molecule has 8 N–H and O–H groups in total. The van der Waals surface area contributed by atoms with E-state index in [0.29, 0.717) is 16.7 Å². The van der Waals surface area contributed by atoms with Gasteiger partial charge < -0.3 is 69.3 Å². The standard InChI is InChI=1S/C38H42O16/c1-20-31(45)32(46)33(47)38(51-20)54-36-34(48)37(49-16-15-23-8-12-25(40)27(42)18-23)52-28(19-50-29(43)13-9-21-5-3-2-4-6-21)35(36)53-30(44)14-10-22-7-11-24(39)26(41)17-22/h2-14,17-18,20,28,31-42,45-48H,15-16,19H2,1H3/t20-,28+,31-,32+,33+,34+,35+,36+,37+,38-/m0/s1. The van der Waals surface area contributed by atoms with Crippen LogP contribution in [0.3, 0.4) is 0 Å². The summed E-state index contributed by atoms with van der Waals surface area (Å²) in [6.07, 6.45) is -10.6. The third-order valence-electron chi connectivity index (χ3n) is 8.69. The molecule has 0 saturated carbocycles. The number of phenolic OH excluding ortho intramolecular Hbond substituents is 4. The lowest BCUT2D eigenvalue weighted by Gasteiger charge is -2.46. The largest absolute Gasteiger partial charge is 0.504 e. The highest BCUT2D eigenvalue weighted by atomic mass is 16.7. The van der Waals surface area contributed by atoms with Gasteiger partial charge in [-0.25, -0.2) is 9.59 Å². The molecule has 2 aliphatic rings. The highest BCUT2D eigenvalue weighted by molar-refractivity contribution is 5.88. The Morgan fingerprint density at radius 2 is 1.35 bits per heavy atom. The van der Waals surface area contributed by atoms with E-state index in [1.54, 1.807) is 30.3 Å². The molecular weight excluding hydrogens is 712 g/mol. The molecule has 10 atom stereocenters. The van der Waals surface area contributed by atoms with E-state index >= 15 is 0 Å². The predicted molar refractivity (Wildman–Crippen MR) is 186 cm³/mol. The van der Waals surface area contributed by atoms with Gasteiger partial charge in [0.2, 0.25) is 0 Å². The van der Waals surface area contributed by atoms with E-state index in [9.17, 15) is 50.4 Å². The minimum Gasteiger partial charge on any atom is -0.504 e. The predicted octanol–water partition coefficient (Wildman–Crippen LogP) is 1.25. The van der Waals surface area contributed by atoms with Crippen LogP contribution in [0.15, 0.2) is 78.9 Å². The molecule has 0 radical (unpaired) electrons. The third-order valence-corrected chi connectivity index (χ3v) is 8.69. The number of esters is 2. The van der Waals surface area contributed by atoms with Crippen LogP contribution in [0.5, 0.6) is 23.0 Å². The Labute approximate surface area is 309 Å². The number of carbonyl (C=O) groups excluding carboxylic acids is 2. The van der Waals surface area contributed by atoms with Gasteiger partial charge in [-0.2, -0.15) is 0 Å². The molecule has 2 aliphatic heterocycles. The molecule has 0 aliphatic carbocycles. The van der Waals surface area contributed by atoms with Crippen molar-refractivity contribution in [3.05, 3.63) is 95.6 Å². The van der Waals surface area contributed by atoms with Crippen LogP contribution in [0.4, 0.5) is 0 Å². The van der Waals surface area contributed by atoms with Crippen molar-refractivity contribution in [3.8, 4) is 23.0 Å². The maximum absolute atomic E-state index is 13.2. The van der Waals surface area contributed by atoms with Crippen molar-refractivity contribution in [2.24, 2.45) is 0 Å². The minimum atomic E-state index is -1.83. The number of aliphatic hydroxyl groups is 4. The third kappa shape index (κ3) is 10.3. The van der Waals surface area contributed by atoms with Crippen LogP contribution < -0.4 is 0 Å². The number of ether oxygens (including phenoxy) is 6. The van der Waals surface area contributed by atoms with Crippen molar-refractivity contribution < 1.29 is 78.9 Å². The zero-order chi connectivity index (χ0) is 38.9. The summed E-state index contributed by atoms with van der Waals surface area (Å²) in [7, 11) is 0. The summed E-state index contributed by atoms with van der Waals surface area (Å²) in [5.41, 5.74) is 1.57. The summed E-state index contributed by atoms with van der Waals surface area (Å²) in [4.78, 5) is 26.0. The molecule has 16 nitrogen and oxygen atoms in total. The van der Waals surface area contributed by atoms with Gasteiger partial charge in [0.05, 0.1) is 12.7 Å². The van der Waals surface area contributed by atoms with Crippen molar-refractivity contribution in [3.63, 3.8) is 0 Å². The molecule has 5 rings (SSSR count). The highest BCUT2D eigenvalue weighted by Gasteiger charge is 2.52. The van der Waals surface area contributed by atoms with Gasteiger partial charge in [0.25, 0.3) is 0 Å². The van der Waals surface area contributed by atoms with Gasteiger partial charge in [0.15, 0.2) is 41.7 Å². The fraction of sp³-hybridized carbons (Fsp3) is 0.368. The van der Waals surface area contributed by atoms with Gasteiger partial charge in [0, 0.05) is 12.2 Å². The number of rotatable bonds is 13. The van der Waals surface area contributed by atoms with Gasteiger partial charge in [-0.15, -0.1) is 0 Å². The fourth-order valence-electron chi connectivity index (χ4n) is 5.68. The molecule has 3 aromatic rings. The summed E-state index contributed by atoms with van der Waals surface area (Å²) < 4.78 is 34.6. The van der Waals surface area contributed by atoms with Crippen molar-refractivity contribution in [1.82, 2.24) is 0 Å². The second-order valence-electron chi connectivity index (χ2n) is 12.6. The number of hydrogen-bond donors (Lipinski definition) is 8. The van der Waals surface area contributed by atoms with E-state index in [2.05, 4.69) is 0 Å². The number of aromatic hydroxyl groups is 4. The van der Waals surface area contributed by atoms with E-state index in [0.717, 1.165) is 6.08 Å². The average molecular weight is 755 g/mol. The molecule has 54 heavy (non-hydrogen) atoms. The molecule has 0 aromatic heterocycles. The van der Waals surface area contributed by atoms with E-state index in [4.69, 9.17) is 28.4 Å². The van der Waals surface area contributed by atoms with Crippen molar-refractivity contribution in [2.75, 3.05) is 13.2 Å². The molecular formula is C38H42O16. The second kappa shape index (κ2) is 18.3. The van der Waals surface area contributed by atoms with Gasteiger partial charge in [-0.05, 0) is 66.5 Å². The zero-order valence-corrected chi connectivity index (χ0v) is 28.9. The van der Waals surface area contributed by atoms with Crippen LogP contribution in [0.2, 0.25) is 0 Å². The van der Waals surface area contributed by atoms with Crippen molar-refractivity contribution in [2.45, 2.75) is 74.8 Å². The van der Waals surface area contributed by atoms with Crippen LogP contribution in [-0.4, -0.2) is 127 Å². The van der Waals surface area contributed by atoms with Crippen LogP contribution in [0.1, 0.15) is 23.6 Å². The Hall–Kier alpha value is -5.04. The lowest BCUT2D eigenvalue weighted by atomic mass is 9.97. The first-order chi connectivity index (χ1) is 25.8. The van der Waals surface area contributed by atoms with E-state index < -0.39 is 85.7 Å². The Kier molecular flexibility index (Phi) is 13.6. The smallest absolute Gasteiger partial charge is 0.331 e. The van der Waals surface area contributed by atoms with Crippen LogP contribution in [0, 0.1) is 0 Å². The molecule has 0 bridgehead atoms. The first kappa shape index (κ1) is 40.2. The quantitative estimate of drug-likeness (QED) is 0.0695. The normalized spacial score (nSPS) is 28.6. The van der Waals surface area contributed by atoms with Crippen molar-refractivity contribution >= 4 is 24.1 Å². The number of hydrogen-bond acceptors (Lipinski definition) is 16. The zero-order valence-electron chi connectivity index (χ0n) is 28.9. The number of phenols is 4. The summed E-state index contributed by atoms with van der Waals surface area (Å²) in [6.45, 7) is 0.718. The Bertz CT molecular complexity index is 1780. The maximum Gasteiger partial charge on any atom is 0.331 e. The molecule has 2 heterocycles. The van der Waals surface area contributed by atoms with Gasteiger partial charge in [-0.3, -0.25) is 0 Å². The number of carbonyl (C=O) groups is 2. The average Bonchev–Trinajstić information content (AvgIpc) is 3.16. The molecule has 2 saturated heterocycles. The highest BCUT2D eigenvalue weighted by Crippen LogP contribution is 2.32. The van der Waals surface area contributed by atoms with Crippen LogP contribution >= 0.6 is 0 Å². The minimum absolute atomic E-state index is 0.123.